The Kier molecular flexibility index (Phi) is 3.43. The van der Waals surface area contributed by atoms with E-state index in [0.717, 1.165) is 26.4 Å². The summed E-state index contributed by atoms with van der Waals surface area (Å²) in [6.45, 7) is 0. The molecule has 20 heavy (non-hydrogen) atoms. The minimum Gasteiger partial charge on any atom is -0.497 e. The predicted octanol–water partition coefficient (Wildman–Crippen LogP) is 4.73. The van der Waals surface area contributed by atoms with Crippen LogP contribution in [0.4, 0.5) is 5.69 Å². The number of hydrogen-bond donors (Lipinski definition) is 1. The lowest BCUT2D eigenvalue weighted by Gasteiger charge is -2.03. The van der Waals surface area contributed by atoms with Gasteiger partial charge in [0.15, 0.2) is 0 Å². The largest absolute Gasteiger partial charge is 0.497 e. The van der Waals surface area contributed by atoms with Crippen molar-refractivity contribution < 1.29 is 4.74 Å². The second kappa shape index (κ2) is 5.38. The lowest BCUT2D eigenvalue weighted by molar-refractivity contribution is 0.413. The van der Waals surface area contributed by atoms with Gasteiger partial charge in [0.2, 0.25) is 0 Å². The number of aromatic amines is 1. The molecule has 0 saturated carbocycles. The van der Waals surface area contributed by atoms with Crippen LogP contribution < -0.4 is 4.74 Å². The van der Waals surface area contributed by atoms with Gasteiger partial charge in [-0.2, -0.15) is 0 Å². The van der Waals surface area contributed by atoms with Gasteiger partial charge in [-0.15, -0.1) is 4.91 Å². The van der Waals surface area contributed by atoms with Gasteiger partial charge in [0.1, 0.15) is 11.4 Å². The van der Waals surface area contributed by atoms with E-state index in [1.54, 1.807) is 31.0 Å². The van der Waals surface area contributed by atoms with Crippen molar-refractivity contribution >= 4 is 28.4 Å². The minimum absolute atomic E-state index is 0.435. The molecule has 4 nitrogen and oxygen atoms in total. The summed E-state index contributed by atoms with van der Waals surface area (Å²) in [6, 6.07) is 13.2. The van der Waals surface area contributed by atoms with Crippen molar-refractivity contribution in [2.24, 2.45) is 5.18 Å². The van der Waals surface area contributed by atoms with Gasteiger partial charge in [-0.1, -0.05) is 17.8 Å². The molecule has 100 valence electrons. The summed E-state index contributed by atoms with van der Waals surface area (Å²) in [5.41, 5.74) is 1.42. The van der Waals surface area contributed by atoms with E-state index in [9.17, 15) is 4.91 Å². The summed E-state index contributed by atoms with van der Waals surface area (Å²) in [5.74, 6) is 0.824. The van der Waals surface area contributed by atoms with Crippen LogP contribution in [-0.4, -0.2) is 12.1 Å². The quantitative estimate of drug-likeness (QED) is 0.705. The van der Waals surface area contributed by atoms with Crippen LogP contribution in [0, 0.1) is 4.91 Å². The minimum atomic E-state index is 0.435. The number of fused-ring (bicyclic) bond motifs is 1. The Labute approximate surface area is 120 Å². The predicted molar refractivity (Wildman–Crippen MR) is 80.9 cm³/mol. The molecule has 0 aliphatic heterocycles. The second-order valence-corrected chi connectivity index (χ2v) is 5.37. The van der Waals surface area contributed by atoms with Crippen LogP contribution in [0.2, 0.25) is 0 Å². The first kappa shape index (κ1) is 12.7. The van der Waals surface area contributed by atoms with Gasteiger partial charge < -0.3 is 9.72 Å². The lowest BCUT2D eigenvalue weighted by atomic mass is 10.2. The van der Waals surface area contributed by atoms with Crippen LogP contribution in [0.3, 0.4) is 0 Å². The van der Waals surface area contributed by atoms with Crippen LogP contribution in [0.25, 0.3) is 10.9 Å². The average Bonchev–Trinajstić information content (AvgIpc) is 2.89. The smallest absolute Gasteiger partial charge is 0.119 e. The molecular weight excluding hydrogens is 272 g/mol. The highest BCUT2D eigenvalue weighted by molar-refractivity contribution is 7.99. The molecule has 2 aromatic carbocycles. The fourth-order valence-corrected chi connectivity index (χ4v) is 2.99. The standard InChI is InChI=1S/C15H12N2O2S/c1-19-11-3-2-4-12(8-11)20-15-9-16-14-6-5-10(17-18)7-13(14)15/h2-9,16H,1H3. The van der Waals surface area contributed by atoms with Crippen molar-refractivity contribution in [1.82, 2.24) is 4.98 Å². The average molecular weight is 284 g/mol. The molecule has 0 aliphatic rings. The van der Waals surface area contributed by atoms with E-state index in [0.29, 0.717) is 5.69 Å². The van der Waals surface area contributed by atoms with Crippen molar-refractivity contribution in [3.05, 3.63) is 53.6 Å². The zero-order valence-corrected chi connectivity index (χ0v) is 11.6. The van der Waals surface area contributed by atoms with Crippen LogP contribution in [0.5, 0.6) is 5.75 Å². The molecule has 3 aromatic rings. The van der Waals surface area contributed by atoms with Gasteiger partial charge >= 0.3 is 0 Å². The Morgan fingerprint density at radius 2 is 2.10 bits per heavy atom. The Morgan fingerprint density at radius 1 is 1.20 bits per heavy atom. The zero-order valence-electron chi connectivity index (χ0n) is 10.8. The fraction of sp³-hybridized carbons (Fsp3) is 0.0667. The third-order valence-electron chi connectivity index (χ3n) is 3.00. The number of benzene rings is 2. The van der Waals surface area contributed by atoms with E-state index in [2.05, 4.69) is 10.2 Å². The highest BCUT2D eigenvalue weighted by Crippen LogP contribution is 2.36. The zero-order chi connectivity index (χ0) is 13.9. The third kappa shape index (κ3) is 2.40. The van der Waals surface area contributed by atoms with Crippen molar-refractivity contribution in [2.45, 2.75) is 9.79 Å². The Morgan fingerprint density at radius 3 is 2.90 bits per heavy atom. The first-order valence-electron chi connectivity index (χ1n) is 6.06. The SMILES string of the molecule is COc1cccc(Sc2c[nH]c3ccc(N=O)cc23)c1. The summed E-state index contributed by atoms with van der Waals surface area (Å²) < 4.78 is 5.22. The lowest BCUT2D eigenvalue weighted by Crippen LogP contribution is -1.81. The molecule has 0 unspecified atom stereocenters. The van der Waals surface area contributed by atoms with E-state index in [1.165, 1.54) is 0 Å². The maximum atomic E-state index is 10.6. The van der Waals surface area contributed by atoms with Crippen molar-refractivity contribution in [1.29, 1.82) is 0 Å². The van der Waals surface area contributed by atoms with Gasteiger partial charge in [0, 0.05) is 26.9 Å². The topological polar surface area (TPSA) is 54.4 Å². The number of nitrogens with zero attached hydrogens (tertiary/aromatic N) is 1. The van der Waals surface area contributed by atoms with Crippen LogP contribution in [0.15, 0.2) is 63.6 Å². The number of methoxy groups -OCH3 is 1. The molecule has 0 fully saturated rings. The molecular formula is C15H12N2O2S. The molecule has 0 aliphatic carbocycles. The molecule has 1 N–H and O–H groups in total. The maximum Gasteiger partial charge on any atom is 0.119 e. The molecule has 0 amide bonds. The van der Waals surface area contributed by atoms with Crippen LogP contribution in [-0.2, 0) is 0 Å². The van der Waals surface area contributed by atoms with Crippen molar-refractivity contribution in [3.8, 4) is 5.75 Å². The Hall–Kier alpha value is -2.27. The van der Waals surface area contributed by atoms with Gasteiger partial charge in [0.25, 0.3) is 0 Å². The summed E-state index contributed by atoms with van der Waals surface area (Å²) in [5, 5.41) is 3.98. The molecule has 0 radical (unpaired) electrons. The molecule has 0 saturated heterocycles. The number of nitroso groups, excluding NO2 is 1. The van der Waals surface area contributed by atoms with E-state index in [1.807, 2.05) is 36.5 Å². The molecule has 5 heteroatoms. The van der Waals surface area contributed by atoms with E-state index >= 15 is 0 Å². The molecule has 3 rings (SSSR count). The normalized spacial score (nSPS) is 10.7. The number of hydrogen-bond acceptors (Lipinski definition) is 4. The number of nitrogens with one attached hydrogen (secondary N) is 1. The molecule has 0 bridgehead atoms. The second-order valence-electron chi connectivity index (χ2n) is 4.26. The van der Waals surface area contributed by atoms with E-state index in [4.69, 9.17) is 4.74 Å². The summed E-state index contributed by atoms with van der Waals surface area (Å²) in [7, 11) is 1.65. The maximum absolute atomic E-state index is 10.6. The number of ether oxygens (including phenoxy) is 1. The van der Waals surface area contributed by atoms with E-state index in [-0.39, 0.29) is 0 Å². The fourth-order valence-electron chi connectivity index (χ4n) is 2.02. The molecule has 1 heterocycles. The summed E-state index contributed by atoms with van der Waals surface area (Å²) in [6.07, 6.45) is 1.93. The Bertz CT molecular complexity index is 767. The third-order valence-corrected chi connectivity index (χ3v) is 4.05. The number of rotatable bonds is 4. The highest BCUT2D eigenvalue weighted by atomic mass is 32.2. The molecule has 0 atom stereocenters. The van der Waals surface area contributed by atoms with Crippen molar-refractivity contribution in [3.63, 3.8) is 0 Å². The van der Waals surface area contributed by atoms with Crippen molar-refractivity contribution in [2.75, 3.05) is 7.11 Å². The first-order valence-corrected chi connectivity index (χ1v) is 6.88. The van der Waals surface area contributed by atoms with Gasteiger partial charge in [0.05, 0.1) is 7.11 Å². The van der Waals surface area contributed by atoms with Gasteiger partial charge in [-0.25, -0.2) is 0 Å². The Balaban J connectivity index is 1.99. The monoisotopic (exact) mass is 284 g/mol. The van der Waals surface area contributed by atoms with Gasteiger partial charge in [-0.05, 0) is 41.6 Å². The molecule has 1 aromatic heterocycles. The van der Waals surface area contributed by atoms with E-state index < -0.39 is 0 Å². The van der Waals surface area contributed by atoms with Crippen LogP contribution in [0.1, 0.15) is 0 Å². The van der Waals surface area contributed by atoms with Crippen LogP contribution >= 0.6 is 11.8 Å². The summed E-state index contributed by atoms with van der Waals surface area (Å²) in [4.78, 5) is 16.0. The highest BCUT2D eigenvalue weighted by Gasteiger charge is 2.07. The van der Waals surface area contributed by atoms with Gasteiger partial charge in [-0.3, -0.25) is 0 Å². The first-order chi connectivity index (χ1) is 9.80. The number of aromatic nitrogens is 1. The molecule has 0 spiro atoms. The summed E-state index contributed by atoms with van der Waals surface area (Å²) >= 11 is 1.62. The number of H-pyrrole nitrogens is 1.